The first-order chi connectivity index (χ1) is 13.8. The quantitative estimate of drug-likeness (QED) is 0.582. The minimum Gasteiger partial charge on any atom is -0.332 e. The summed E-state index contributed by atoms with van der Waals surface area (Å²) in [4.78, 5) is 8.56. The van der Waals surface area contributed by atoms with Gasteiger partial charge in [-0.3, -0.25) is 4.98 Å². The lowest BCUT2D eigenvalue weighted by atomic mass is 10.0. The van der Waals surface area contributed by atoms with Crippen LogP contribution in [0, 0.1) is 12.7 Å². The van der Waals surface area contributed by atoms with E-state index in [1.54, 1.807) is 24.7 Å². The van der Waals surface area contributed by atoms with Crippen LogP contribution in [0.25, 0.3) is 11.4 Å². The van der Waals surface area contributed by atoms with E-state index in [0.717, 1.165) is 11.1 Å². The van der Waals surface area contributed by atoms with Gasteiger partial charge in [0.15, 0.2) is 0 Å². The minimum atomic E-state index is -4.42. The molecule has 0 spiro atoms. The maximum absolute atomic E-state index is 13.3. The Morgan fingerprint density at radius 2 is 1.90 bits per heavy atom. The number of hydrazine groups is 2. The highest BCUT2D eigenvalue weighted by Crippen LogP contribution is 2.32. The molecule has 0 amide bonds. The number of alkyl halides is 3. The number of rotatable bonds is 4. The van der Waals surface area contributed by atoms with E-state index in [2.05, 4.69) is 26.4 Å². The number of aryl methyl sites for hydroxylation is 1. The van der Waals surface area contributed by atoms with Gasteiger partial charge in [0, 0.05) is 18.9 Å². The fourth-order valence-corrected chi connectivity index (χ4v) is 3.30. The molecule has 1 aromatic carbocycles. The molecule has 3 aromatic rings. The monoisotopic (exact) mass is 406 g/mol. The predicted molar refractivity (Wildman–Crippen MR) is 97.7 cm³/mol. The first-order valence-corrected chi connectivity index (χ1v) is 8.87. The Morgan fingerprint density at radius 1 is 1.07 bits per heavy atom. The van der Waals surface area contributed by atoms with E-state index in [1.165, 1.54) is 24.4 Å². The second kappa shape index (κ2) is 7.54. The van der Waals surface area contributed by atoms with Crippen LogP contribution in [-0.2, 0) is 6.54 Å². The molecule has 3 N–H and O–H groups in total. The SMILES string of the molecule is Cc1cc(F)ccc1Cn1cnc(-c2cc(C3NNNC3C(F)(F)F)ccn2)c1. The molecule has 0 saturated carbocycles. The van der Waals surface area contributed by atoms with Gasteiger partial charge in [-0.05, 0) is 47.9 Å². The number of nitrogens with zero attached hydrogens (tertiary/aromatic N) is 3. The van der Waals surface area contributed by atoms with Gasteiger partial charge in [-0.1, -0.05) is 6.07 Å². The van der Waals surface area contributed by atoms with Crippen LogP contribution < -0.4 is 16.4 Å². The highest BCUT2D eigenvalue weighted by molar-refractivity contribution is 5.54. The zero-order valence-corrected chi connectivity index (χ0v) is 15.3. The van der Waals surface area contributed by atoms with Crippen LogP contribution in [0.15, 0.2) is 49.1 Å². The normalized spacial score (nSPS) is 19.6. The molecule has 2 atom stereocenters. The Balaban J connectivity index is 1.56. The van der Waals surface area contributed by atoms with E-state index in [4.69, 9.17) is 0 Å². The number of benzene rings is 1. The van der Waals surface area contributed by atoms with Gasteiger partial charge in [0.1, 0.15) is 17.6 Å². The van der Waals surface area contributed by atoms with Crippen molar-refractivity contribution in [3.05, 3.63) is 71.6 Å². The van der Waals surface area contributed by atoms with Gasteiger partial charge >= 0.3 is 6.18 Å². The molecule has 29 heavy (non-hydrogen) atoms. The standard InChI is InChI=1S/C19H18F4N6/c1-11-6-14(20)3-2-13(11)8-29-9-16(25-10-29)15-7-12(4-5-24-15)17-18(19(21,22)23)27-28-26-17/h2-7,9-10,17-18,26-28H,8H2,1H3. The summed E-state index contributed by atoms with van der Waals surface area (Å²) in [6, 6.07) is 4.93. The summed E-state index contributed by atoms with van der Waals surface area (Å²) < 4.78 is 54.7. The van der Waals surface area contributed by atoms with Crippen molar-refractivity contribution >= 4 is 0 Å². The van der Waals surface area contributed by atoms with Crippen molar-refractivity contribution in [2.75, 3.05) is 0 Å². The summed E-state index contributed by atoms with van der Waals surface area (Å²) in [7, 11) is 0. The van der Waals surface area contributed by atoms with Crippen LogP contribution in [0.4, 0.5) is 17.6 Å². The van der Waals surface area contributed by atoms with Gasteiger partial charge in [0.2, 0.25) is 0 Å². The average Bonchev–Trinajstić information content (AvgIpc) is 3.33. The van der Waals surface area contributed by atoms with Crippen LogP contribution in [-0.4, -0.2) is 26.8 Å². The lowest BCUT2D eigenvalue weighted by Gasteiger charge is -2.21. The molecule has 10 heteroatoms. The third-order valence-corrected chi connectivity index (χ3v) is 4.84. The van der Waals surface area contributed by atoms with Crippen LogP contribution in [0.1, 0.15) is 22.7 Å². The van der Waals surface area contributed by atoms with Crippen molar-refractivity contribution in [2.45, 2.75) is 31.7 Å². The Kier molecular flexibility index (Phi) is 5.07. The van der Waals surface area contributed by atoms with Crippen molar-refractivity contribution in [3.63, 3.8) is 0 Å². The second-order valence-corrected chi connectivity index (χ2v) is 6.89. The lowest BCUT2D eigenvalue weighted by Crippen LogP contribution is -2.43. The second-order valence-electron chi connectivity index (χ2n) is 6.89. The molecule has 1 aliphatic rings. The Labute approximate surface area is 163 Å². The maximum atomic E-state index is 13.3. The van der Waals surface area contributed by atoms with Crippen molar-refractivity contribution in [1.29, 1.82) is 0 Å². The summed E-state index contributed by atoms with van der Waals surface area (Å²) in [5, 5.41) is 0. The van der Waals surface area contributed by atoms with Gasteiger partial charge in [-0.25, -0.2) is 20.2 Å². The number of hydrogen-bond acceptors (Lipinski definition) is 5. The summed E-state index contributed by atoms with van der Waals surface area (Å²) >= 11 is 0. The number of pyridine rings is 1. The van der Waals surface area contributed by atoms with E-state index in [0.29, 0.717) is 23.5 Å². The zero-order valence-electron chi connectivity index (χ0n) is 15.3. The molecule has 152 valence electrons. The molecule has 3 heterocycles. The van der Waals surface area contributed by atoms with E-state index in [9.17, 15) is 17.6 Å². The molecule has 2 unspecified atom stereocenters. The Hall–Kier alpha value is -2.82. The third kappa shape index (κ3) is 4.14. The topological polar surface area (TPSA) is 66.8 Å². The van der Waals surface area contributed by atoms with Crippen LogP contribution in [0.3, 0.4) is 0 Å². The largest absolute Gasteiger partial charge is 0.407 e. The van der Waals surface area contributed by atoms with Crippen LogP contribution in [0.5, 0.6) is 0 Å². The van der Waals surface area contributed by atoms with Crippen molar-refractivity contribution < 1.29 is 17.6 Å². The molecule has 1 fully saturated rings. The Bertz CT molecular complexity index is 1020. The molecule has 4 rings (SSSR count). The van der Waals surface area contributed by atoms with Crippen LogP contribution >= 0.6 is 0 Å². The third-order valence-electron chi connectivity index (χ3n) is 4.84. The fourth-order valence-electron chi connectivity index (χ4n) is 3.30. The molecule has 1 saturated heterocycles. The number of nitrogens with one attached hydrogen (secondary N) is 3. The first kappa shape index (κ1) is 19.5. The van der Waals surface area contributed by atoms with Gasteiger partial charge in [-0.2, -0.15) is 18.7 Å². The lowest BCUT2D eigenvalue weighted by molar-refractivity contribution is -0.156. The van der Waals surface area contributed by atoms with Crippen LogP contribution in [0.2, 0.25) is 0 Å². The number of imidazole rings is 1. The first-order valence-electron chi connectivity index (χ1n) is 8.87. The molecular formula is C19H18F4N6. The minimum absolute atomic E-state index is 0.291. The molecule has 0 bridgehead atoms. The van der Waals surface area contributed by atoms with Gasteiger partial charge in [0.25, 0.3) is 0 Å². The van der Waals surface area contributed by atoms with Gasteiger partial charge < -0.3 is 4.57 Å². The molecule has 6 nitrogen and oxygen atoms in total. The van der Waals surface area contributed by atoms with Crippen molar-refractivity contribution in [2.24, 2.45) is 0 Å². The number of halogens is 4. The summed E-state index contributed by atoms with van der Waals surface area (Å²) in [6.07, 6.45) is 0.414. The Morgan fingerprint density at radius 3 is 2.66 bits per heavy atom. The molecule has 1 aliphatic heterocycles. The van der Waals surface area contributed by atoms with E-state index < -0.39 is 18.3 Å². The van der Waals surface area contributed by atoms with Crippen molar-refractivity contribution in [3.8, 4) is 11.4 Å². The van der Waals surface area contributed by atoms with E-state index in [1.807, 2.05) is 11.5 Å². The highest BCUT2D eigenvalue weighted by atomic mass is 19.4. The summed E-state index contributed by atoms with van der Waals surface area (Å²) in [6.45, 7) is 2.32. The summed E-state index contributed by atoms with van der Waals surface area (Å²) in [5.41, 5.74) is 10.3. The van der Waals surface area contributed by atoms with E-state index >= 15 is 0 Å². The van der Waals surface area contributed by atoms with E-state index in [-0.39, 0.29) is 5.82 Å². The molecule has 0 aliphatic carbocycles. The fraction of sp³-hybridized carbons (Fsp3) is 0.263. The number of aromatic nitrogens is 3. The van der Waals surface area contributed by atoms with Gasteiger partial charge in [-0.15, -0.1) is 0 Å². The highest BCUT2D eigenvalue weighted by Gasteiger charge is 2.48. The molecule has 2 aromatic heterocycles. The van der Waals surface area contributed by atoms with Crippen molar-refractivity contribution in [1.82, 2.24) is 30.9 Å². The summed E-state index contributed by atoms with van der Waals surface area (Å²) in [5.74, 6) is -0.291. The maximum Gasteiger partial charge on any atom is 0.407 e. The zero-order chi connectivity index (χ0) is 20.6. The average molecular weight is 406 g/mol. The smallest absolute Gasteiger partial charge is 0.332 e. The van der Waals surface area contributed by atoms with Gasteiger partial charge in [0.05, 0.1) is 18.1 Å². The molecule has 0 radical (unpaired) electrons. The number of hydrogen-bond donors (Lipinski definition) is 3. The molecular weight excluding hydrogens is 388 g/mol. The predicted octanol–water partition coefficient (Wildman–Crippen LogP) is 3.03.